The van der Waals surface area contributed by atoms with Crippen LogP contribution >= 0.6 is 11.8 Å². The van der Waals surface area contributed by atoms with Crippen molar-refractivity contribution in [3.63, 3.8) is 0 Å². The first-order valence-electron chi connectivity index (χ1n) is 7.15. The summed E-state index contributed by atoms with van der Waals surface area (Å²) < 4.78 is 0. The van der Waals surface area contributed by atoms with Gasteiger partial charge in [0.05, 0.1) is 5.75 Å². The maximum Gasteiger partial charge on any atom is 0.233 e. The Morgan fingerprint density at radius 3 is 2.57 bits per heavy atom. The molecule has 0 saturated carbocycles. The fourth-order valence-electron chi connectivity index (χ4n) is 1.93. The first-order chi connectivity index (χ1) is 11.1. The number of hydrogen-bond acceptors (Lipinski definition) is 5. The van der Waals surface area contributed by atoms with Gasteiger partial charge < -0.3 is 10.6 Å². The first kappa shape index (κ1) is 17.0. The van der Waals surface area contributed by atoms with E-state index in [-0.39, 0.29) is 18.1 Å². The summed E-state index contributed by atoms with van der Waals surface area (Å²) in [4.78, 5) is 25.1. The molecule has 1 aromatic carbocycles. The Balaban J connectivity index is 1.97. The molecule has 2 aromatic rings. The molecule has 23 heavy (non-hydrogen) atoms. The normalized spacial score (nSPS) is 10.3. The van der Waals surface area contributed by atoms with E-state index in [1.807, 2.05) is 30.3 Å². The average Bonchev–Trinajstić information content (AvgIpc) is 2.58. The van der Waals surface area contributed by atoms with E-state index in [0.29, 0.717) is 18.1 Å². The van der Waals surface area contributed by atoms with Gasteiger partial charge in [0, 0.05) is 25.7 Å². The van der Waals surface area contributed by atoms with Crippen molar-refractivity contribution in [3.8, 4) is 0 Å². The van der Waals surface area contributed by atoms with Gasteiger partial charge in [-0.3, -0.25) is 9.59 Å². The summed E-state index contributed by atoms with van der Waals surface area (Å²) in [5.74, 6) is -0.243. The van der Waals surface area contributed by atoms with Gasteiger partial charge in [0.25, 0.3) is 0 Å². The molecule has 0 aliphatic rings. The Bertz CT molecular complexity index is 637. The van der Waals surface area contributed by atoms with Gasteiger partial charge in [-0.25, -0.2) is 0 Å². The standard InChI is InChI=1S/C16H18N4O2S/c17-14(21)8-10-20(11-13-5-2-1-3-6-13)16(22)12-23-15-7-4-9-18-19-15/h1-7,9H,8,10-12H2,(H2,17,21). The number of aromatic nitrogens is 2. The lowest BCUT2D eigenvalue weighted by atomic mass is 10.2. The number of thioether (sulfide) groups is 1. The number of carbonyl (C=O) groups is 2. The van der Waals surface area contributed by atoms with Crippen molar-refractivity contribution in [2.24, 2.45) is 5.73 Å². The molecular formula is C16H18N4O2S. The molecule has 1 aromatic heterocycles. The van der Waals surface area contributed by atoms with Crippen LogP contribution < -0.4 is 5.73 Å². The molecule has 2 rings (SSSR count). The molecule has 0 atom stereocenters. The van der Waals surface area contributed by atoms with Crippen LogP contribution in [0.1, 0.15) is 12.0 Å². The predicted molar refractivity (Wildman–Crippen MR) is 88.4 cm³/mol. The molecule has 1 heterocycles. The molecule has 0 spiro atoms. The third kappa shape index (κ3) is 6.07. The summed E-state index contributed by atoms with van der Waals surface area (Å²) in [6.07, 6.45) is 1.73. The minimum absolute atomic E-state index is 0.0641. The second kappa shape index (κ2) is 8.89. The zero-order valence-corrected chi connectivity index (χ0v) is 13.4. The highest BCUT2D eigenvalue weighted by Gasteiger charge is 2.15. The third-order valence-corrected chi connectivity index (χ3v) is 3.99. The van der Waals surface area contributed by atoms with Gasteiger partial charge in [-0.1, -0.05) is 42.1 Å². The largest absolute Gasteiger partial charge is 0.370 e. The fourth-order valence-corrected chi connectivity index (χ4v) is 2.67. The van der Waals surface area contributed by atoms with Crippen LogP contribution in [0, 0.1) is 0 Å². The minimum atomic E-state index is -0.419. The average molecular weight is 330 g/mol. The first-order valence-corrected chi connectivity index (χ1v) is 8.14. The second-order valence-corrected chi connectivity index (χ2v) is 5.86. The number of nitrogens with two attached hydrogens (primary N) is 1. The van der Waals surface area contributed by atoms with Gasteiger partial charge in [0.15, 0.2) is 0 Å². The van der Waals surface area contributed by atoms with Crippen molar-refractivity contribution < 1.29 is 9.59 Å². The van der Waals surface area contributed by atoms with Crippen LogP contribution in [0.2, 0.25) is 0 Å². The number of nitrogens with zero attached hydrogens (tertiary/aromatic N) is 3. The molecule has 120 valence electrons. The van der Waals surface area contributed by atoms with Crippen LogP contribution in [0.15, 0.2) is 53.7 Å². The van der Waals surface area contributed by atoms with Crippen LogP contribution in [0.25, 0.3) is 0 Å². The highest BCUT2D eigenvalue weighted by atomic mass is 32.2. The minimum Gasteiger partial charge on any atom is -0.370 e. The van der Waals surface area contributed by atoms with Crippen molar-refractivity contribution in [1.82, 2.24) is 15.1 Å². The van der Waals surface area contributed by atoms with Gasteiger partial charge in [-0.05, 0) is 17.7 Å². The van der Waals surface area contributed by atoms with Crippen molar-refractivity contribution >= 4 is 23.6 Å². The van der Waals surface area contributed by atoms with E-state index in [4.69, 9.17) is 5.73 Å². The number of carbonyl (C=O) groups excluding carboxylic acids is 2. The Labute approximate surface area is 139 Å². The number of hydrogen-bond donors (Lipinski definition) is 1. The number of amides is 2. The van der Waals surface area contributed by atoms with Crippen LogP contribution in [0.4, 0.5) is 0 Å². The predicted octanol–water partition coefficient (Wildman–Crippen LogP) is 1.47. The molecule has 2 amide bonds. The summed E-state index contributed by atoms with van der Waals surface area (Å²) in [6, 6.07) is 13.2. The Morgan fingerprint density at radius 1 is 1.13 bits per heavy atom. The zero-order valence-electron chi connectivity index (χ0n) is 12.6. The van der Waals surface area contributed by atoms with Gasteiger partial charge in [0.1, 0.15) is 5.03 Å². The maximum atomic E-state index is 12.4. The lowest BCUT2D eigenvalue weighted by Crippen LogP contribution is -2.34. The molecule has 0 bridgehead atoms. The van der Waals surface area contributed by atoms with E-state index < -0.39 is 5.91 Å². The molecule has 0 unspecified atom stereocenters. The molecule has 0 saturated heterocycles. The van der Waals surface area contributed by atoms with E-state index in [1.165, 1.54) is 11.8 Å². The summed E-state index contributed by atoms with van der Waals surface area (Å²) in [6.45, 7) is 0.762. The highest BCUT2D eigenvalue weighted by molar-refractivity contribution is 7.99. The summed E-state index contributed by atoms with van der Waals surface area (Å²) >= 11 is 1.32. The number of primary amides is 1. The molecule has 7 heteroatoms. The molecule has 0 fully saturated rings. The monoisotopic (exact) mass is 330 g/mol. The smallest absolute Gasteiger partial charge is 0.233 e. The van der Waals surface area contributed by atoms with E-state index in [1.54, 1.807) is 23.2 Å². The second-order valence-electron chi connectivity index (χ2n) is 4.87. The number of rotatable bonds is 8. The third-order valence-electron chi connectivity index (χ3n) is 3.09. The molecule has 0 aliphatic heterocycles. The van der Waals surface area contributed by atoms with Gasteiger partial charge in [-0.15, -0.1) is 5.10 Å². The van der Waals surface area contributed by atoms with E-state index in [0.717, 1.165) is 5.56 Å². The van der Waals surface area contributed by atoms with E-state index in [2.05, 4.69) is 10.2 Å². The molecule has 6 nitrogen and oxygen atoms in total. The number of benzene rings is 1. The lowest BCUT2D eigenvalue weighted by molar-refractivity contribution is -0.129. The van der Waals surface area contributed by atoms with Crippen LogP contribution in [0.5, 0.6) is 0 Å². The topological polar surface area (TPSA) is 89.2 Å². The van der Waals surface area contributed by atoms with Crippen LogP contribution in [0.3, 0.4) is 0 Å². The molecule has 2 N–H and O–H groups in total. The summed E-state index contributed by atoms with van der Waals surface area (Å²) in [5.41, 5.74) is 6.21. The SMILES string of the molecule is NC(=O)CCN(Cc1ccccc1)C(=O)CSc1cccnn1. The van der Waals surface area contributed by atoms with E-state index in [9.17, 15) is 9.59 Å². The van der Waals surface area contributed by atoms with Crippen LogP contribution in [-0.2, 0) is 16.1 Å². The summed E-state index contributed by atoms with van der Waals surface area (Å²) in [7, 11) is 0. The quantitative estimate of drug-likeness (QED) is 0.740. The van der Waals surface area contributed by atoms with Crippen molar-refractivity contribution in [1.29, 1.82) is 0 Å². The highest BCUT2D eigenvalue weighted by Crippen LogP contribution is 2.15. The Hall–Kier alpha value is -2.41. The van der Waals surface area contributed by atoms with Crippen molar-refractivity contribution in [3.05, 3.63) is 54.2 Å². The van der Waals surface area contributed by atoms with Gasteiger partial charge >= 0.3 is 0 Å². The molecule has 0 radical (unpaired) electrons. The van der Waals surface area contributed by atoms with Crippen molar-refractivity contribution in [2.45, 2.75) is 18.0 Å². The fraction of sp³-hybridized carbons (Fsp3) is 0.250. The van der Waals surface area contributed by atoms with E-state index >= 15 is 0 Å². The Morgan fingerprint density at radius 2 is 1.91 bits per heavy atom. The van der Waals surface area contributed by atoms with Gasteiger partial charge in [-0.2, -0.15) is 5.10 Å². The summed E-state index contributed by atoms with van der Waals surface area (Å²) in [5, 5.41) is 8.40. The van der Waals surface area contributed by atoms with Crippen LogP contribution in [-0.4, -0.2) is 39.2 Å². The lowest BCUT2D eigenvalue weighted by Gasteiger charge is -2.22. The molecule has 0 aliphatic carbocycles. The van der Waals surface area contributed by atoms with Gasteiger partial charge in [0.2, 0.25) is 11.8 Å². The van der Waals surface area contributed by atoms with Crippen molar-refractivity contribution in [2.75, 3.05) is 12.3 Å². The zero-order chi connectivity index (χ0) is 16.5. The maximum absolute atomic E-state index is 12.4. The Kier molecular flexibility index (Phi) is 6.56. The molecular weight excluding hydrogens is 312 g/mol.